The normalized spacial score (nSPS) is 11.6. The molecule has 0 radical (unpaired) electrons. The highest BCUT2D eigenvalue weighted by Crippen LogP contribution is 2.09. The summed E-state index contributed by atoms with van der Waals surface area (Å²) >= 11 is 0. The van der Waals surface area contributed by atoms with Gasteiger partial charge < -0.3 is 10.2 Å². The topological polar surface area (TPSA) is 49.4 Å². The van der Waals surface area contributed by atoms with E-state index in [-0.39, 0.29) is 11.8 Å². The number of rotatable bonds is 6. The van der Waals surface area contributed by atoms with E-state index in [1.165, 1.54) is 6.92 Å². The van der Waals surface area contributed by atoms with Crippen LogP contribution in [0.4, 0.5) is 0 Å². The van der Waals surface area contributed by atoms with Gasteiger partial charge in [0.05, 0.1) is 0 Å². The Labute approximate surface area is 137 Å². The van der Waals surface area contributed by atoms with Crippen LogP contribution < -0.4 is 5.32 Å². The molecule has 0 heterocycles. The second-order valence-corrected chi connectivity index (χ2v) is 5.51. The molecule has 0 aliphatic rings. The predicted molar refractivity (Wildman–Crippen MR) is 90.4 cm³/mol. The van der Waals surface area contributed by atoms with Gasteiger partial charge in [0.1, 0.15) is 6.04 Å². The van der Waals surface area contributed by atoms with Crippen LogP contribution in [-0.4, -0.2) is 22.8 Å². The number of nitrogens with zero attached hydrogens (tertiary/aromatic N) is 1. The third kappa shape index (κ3) is 4.95. The average molecular weight is 310 g/mol. The molecule has 2 amide bonds. The minimum atomic E-state index is -0.517. The third-order valence-corrected chi connectivity index (χ3v) is 3.76. The van der Waals surface area contributed by atoms with Gasteiger partial charge in [-0.1, -0.05) is 60.7 Å². The molecule has 23 heavy (non-hydrogen) atoms. The molecule has 2 aromatic rings. The van der Waals surface area contributed by atoms with Crippen molar-refractivity contribution in [2.45, 2.75) is 33.0 Å². The summed E-state index contributed by atoms with van der Waals surface area (Å²) < 4.78 is 0. The monoisotopic (exact) mass is 310 g/mol. The Balaban J connectivity index is 1.98. The fourth-order valence-electron chi connectivity index (χ4n) is 2.38. The van der Waals surface area contributed by atoms with Gasteiger partial charge in [-0.3, -0.25) is 9.59 Å². The molecule has 0 saturated carbocycles. The standard InChI is InChI=1S/C19H22N2O2/c1-15(19(23)20-13-17-9-5-3-6-10-17)21(16(2)22)14-18-11-7-4-8-12-18/h3-12,15H,13-14H2,1-2H3,(H,20,23)/t15-/m0/s1. The van der Waals surface area contributed by atoms with E-state index in [4.69, 9.17) is 0 Å². The first-order valence-electron chi connectivity index (χ1n) is 7.70. The van der Waals surface area contributed by atoms with Gasteiger partial charge in [0.2, 0.25) is 11.8 Å². The van der Waals surface area contributed by atoms with E-state index in [9.17, 15) is 9.59 Å². The fourth-order valence-corrected chi connectivity index (χ4v) is 2.38. The summed E-state index contributed by atoms with van der Waals surface area (Å²) in [6.45, 7) is 4.13. The molecule has 0 saturated heterocycles. The second kappa shape index (κ2) is 8.13. The van der Waals surface area contributed by atoms with Crippen molar-refractivity contribution in [2.75, 3.05) is 0 Å². The fraction of sp³-hybridized carbons (Fsp3) is 0.263. The summed E-state index contributed by atoms with van der Waals surface area (Å²) in [6, 6.07) is 18.9. The molecule has 1 N–H and O–H groups in total. The summed E-state index contributed by atoms with van der Waals surface area (Å²) in [6.07, 6.45) is 0. The summed E-state index contributed by atoms with van der Waals surface area (Å²) in [4.78, 5) is 25.8. The maximum absolute atomic E-state index is 12.3. The first-order valence-corrected chi connectivity index (χ1v) is 7.70. The minimum absolute atomic E-state index is 0.115. The van der Waals surface area contributed by atoms with Gasteiger partial charge in [0, 0.05) is 20.0 Å². The molecular formula is C19H22N2O2. The molecule has 0 spiro atoms. The van der Waals surface area contributed by atoms with Gasteiger partial charge in [0.25, 0.3) is 0 Å². The van der Waals surface area contributed by atoms with E-state index < -0.39 is 6.04 Å². The number of hydrogen-bond acceptors (Lipinski definition) is 2. The largest absolute Gasteiger partial charge is 0.350 e. The molecule has 0 bridgehead atoms. The highest BCUT2D eigenvalue weighted by molar-refractivity contribution is 5.86. The van der Waals surface area contributed by atoms with Crippen molar-refractivity contribution in [3.05, 3.63) is 71.8 Å². The van der Waals surface area contributed by atoms with E-state index in [0.29, 0.717) is 13.1 Å². The summed E-state index contributed by atoms with van der Waals surface area (Å²) in [7, 11) is 0. The number of benzene rings is 2. The van der Waals surface area contributed by atoms with Crippen LogP contribution in [0.5, 0.6) is 0 Å². The summed E-state index contributed by atoms with van der Waals surface area (Å²) in [5.74, 6) is -0.267. The molecule has 0 unspecified atom stereocenters. The lowest BCUT2D eigenvalue weighted by Crippen LogP contribution is -2.46. The number of amides is 2. The Bertz CT molecular complexity index is 641. The van der Waals surface area contributed by atoms with Crippen LogP contribution in [0.15, 0.2) is 60.7 Å². The molecule has 0 fully saturated rings. The second-order valence-electron chi connectivity index (χ2n) is 5.51. The van der Waals surface area contributed by atoms with Crippen LogP contribution >= 0.6 is 0 Å². The molecule has 2 aromatic carbocycles. The number of nitrogens with one attached hydrogen (secondary N) is 1. The molecule has 2 rings (SSSR count). The first-order chi connectivity index (χ1) is 11.1. The number of hydrogen-bond donors (Lipinski definition) is 1. The first kappa shape index (κ1) is 16.7. The lowest BCUT2D eigenvalue weighted by atomic mass is 10.1. The van der Waals surface area contributed by atoms with Crippen LogP contribution in [0.3, 0.4) is 0 Å². The Hall–Kier alpha value is -2.62. The maximum atomic E-state index is 12.3. The zero-order valence-electron chi connectivity index (χ0n) is 13.5. The van der Waals surface area contributed by atoms with Gasteiger partial charge in [0.15, 0.2) is 0 Å². The SMILES string of the molecule is CC(=O)N(Cc1ccccc1)[C@@H](C)C(=O)NCc1ccccc1. The number of carbonyl (C=O) groups is 2. The molecule has 0 aromatic heterocycles. The predicted octanol–water partition coefficient (Wildman–Crippen LogP) is 2.74. The molecule has 0 aliphatic heterocycles. The average Bonchev–Trinajstić information content (AvgIpc) is 2.58. The van der Waals surface area contributed by atoms with E-state index in [1.54, 1.807) is 11.8 Å². The van der Waals surface area contributed by atoms with Crippen molar-refractivity contribution < 1.29 is 9.59 Å². The summed E-state index contributed by atoms with van der Waals surface area (Å²) in [5, 5.41) is 2.89. The van der Waals surface area contributed by atoms with Gasteiger partial charge in [-0.15, -0.1) is 0 Å². The van der Waals surface area contributed by atoms with E-state index in [1.807, 2.05) is 60.7 Å². The van der Waals surface area contributed by atoms with Gasteiger partial charge in [-0.2, -0.15) is 0 Å². The molecule has 4 nitrogen and oxygen atoms in total. The molecule has 0 aliphatic carbocycles. The Morgan fingerprint density at radius 2 is 1.48 bits per heavy atom. The smallest absolute Gasteiger partial charge is 0.242 e. The number of carbonyl (C=O) groups excluding carboxylic acids is 2. The van der Waals surface area contributed by atoms with Crippen LogP contribution in [0.1, 0.15) is 25.0 Å². The van der Waals surface area contributed by atoms with Crippen molar-refractivity contribution >= 4 is 11.8 Å². The molecule has 120 valence electrons. The van der Waals surface area contributed by atoms with Crippen LogP contribution in [0.2, 0.25) is 0 Å². The minimum Gasteiger partial charge on any atom is -0.350 e. The Morgan fingerprint density at radius 1 is 0.957 bits per heavy atom. The van der Waals surface area contributed by atoms with Crippen molar-refractivity contribution in [1.29, 1.82) is 0 Å². The van der Waals surface area contributed by atoms with E-state index in [0.717, 1.165) is 11.1 Å². The Kier molecular flexibility index (Phi) is 5.92. The lowest BCUT2D eigenvalue weighted by molar-refractivity contribution is -0.139. The van der Waals surface area contributed by atoms with Crippen LogP contribution in [0.25, 0.3) is 0 Å². The van der Waals surface area contributed by atoms with Crippen LogP contribution in [-0.2, 0) is 22.7 Å². The Morgan fingerprint density at radius 3 is 2.00 bits per heavy atom. The van der Waals surface area contributed by atoms with Gasteiger partial charge in [-0.05, 0) is 18.1 Å². The highest BCUT2D eigenvalue weighted by atomic mass is 16.2. The van der Waals surface area contributed by atoms with Crippen LogP contribution in [0, 0.1) is 0 Å². The van der Waals surface area contributed by atoms with Crippen molar-refractivity contribution in [2.24, 2.45) is 0 Å². The van der Waals surface area contributed by atoms with E-state index >= 15 is 0 Å². The zero-order chi connectivity index (χ0) is 16.7. The molecule has 4 heteroatoms. The lowest BCUT2D eigenvalue weighted by Gasteiger charge is -2.27. The maximum Gasteiger partial charge on any atom is 0.242 e. The third-order valence-electron chi connectivity index (χ3n) is 3.76. The summed E-state index contributed by atoms with van der Waals surface area (Å²) in [5.41, 5.74) is 2.04. The molecular weight excluding hydrogens is 288 g/mol. The highest BCUT2D eigenvalue weighted by Gasteiger charge is 2.23. The van der Waals surface area contributed by atoms with Gasteiger partial charge >= 0.3 is 0 Å². The zero-order valence-corrected chi connectivity index (χ0v) is 13.5. The van der Waals surface area contributed by atoms with Gasteiger partial charge in [-0.25, -0.2) is 0 Å². The van der Waals surface area contributed by atoms with Crippen molar-refractivity contribution in [1.82, 2.24) is 10.2 Å². The quantitative estimate of drug-likeness (QED) is 0.892. The van der Waals surface area contributed by atoms with E-state index in [2.05, 4.69) is 5.32 Å². The van der Waals surface area contributed by atoms with Crippen molar-refractivity contribution in [3.63, 3.8) is 0 Å². The van der Waals surface area contributed by atoms with Crippen molar-refractivity contribution in [3.8, 4) is 0 Å². The molecule has 1 atom stereocenters.